The minimum atomic E-state index is 0.187. The van der Waals surface area contributed by atoms with Crippen molar-refractivity contribution in [3.8, 4) is 0 Å². The fraction of sp³-hybridized carbons (Fsp3) is 0.400. The summed E-state index contributed by atoms with van der Waals surface area (Å²) in [5.41, 5.74) is 7.88. The highest BCUT2D eigenvalue weighted by Gasteiger charge is 2.44. The number of carbonyl (C=O) groups is 1. The minimum absolute atomic E-state index is 0.187. The lowest BCUT2D eigenvalue weighted by Crippen LogP contribution is -2.32. The standard InChI is InChI=1S/C20H23N3O/c21-20-22-10-9-17(23-20)7-8-18-15-5-6-16(11-15)19(18)14-3-1-13(12-24)2-4-14/h1-6,9-10,12,15-19H,7-8,11H2,(H3,21,22,23). The van der Waals surface area contributed by atoms with Crippen molar-refractivity contribution in [3.63, 3.8) is 0 Å². The maximum Gasteiger partial charge on any atom is 0.193 e. The van der Waals surface area contributed by atoms with E-state index in [1.807, 2.05) is 18.3 Å². The highest BCUT2D eigenvalue weighted by atomic mass is 16.1. The van der Waals surface area contributed by atoms with E-state index in [1.165, 1.54) is 12.0 Å². The number of nitrogens with one attached hydrogen (secondary N) is 1. The average molecular weight is 321 g/mol. The van der Waals surface area contributed by atoms with Gasteiger partial charge in [0, 0.05) is 11.8 Å². The molecule has 5 atom stereocenters. The molecule has 0 spiro atoms. The molecule has 4 nitrogen and oxygen atoms in total. The molecule has 3 aliphatic rings. The highest BCUT2D eigenvalue weighted by molar-refractivity contribution is 5.79. The van der Waals surface area contributed by atoms with Crippen LogP contribution >= 0.6 is 0 Å². The van der Waals surface area contributed by atoms with Crippen LogP contribution in [0.5, 0.6) is 0 Å². The van der Waals surface area contributed by atoms with Gasteiger partial charge in [-0.15, -0.1) is 0 Å². The van der Waals surface area contributed by atoms with E-state index in [4.69, 9.17) is 5.73 Å². The van der Waals surface area contributed by atoms with Crippen LogP contribution in [0.15, 0.2) is 53.7 Å². The quantitative estimate of drug-likeness (QED) is 0.647. The Kier molecular flexibility index (Phi) is 3.97. The van der Waals surface area contributed by atoms with E-state index in [2.05, 4.69) is 40.7 Å². The predicted octanol–water partition coefficient (Wildman–Crippen LogP) is 2.99. The molecular weight excluding hydrogens is 298 g/mol. The second kappa shape index (κ2) is 6.27. The van der Waals surface area contributed by atoms with Crippen molar-refractivity contribution in [2.45, 2.75) is 31.2 Å². The molecule has 0 aromatic heterocycles. The number of fused-ring (bicyclic) bond motifs is 2. The number of rotatable bonds is 5. The van der Waals surface area contributed by atoms with Gasteiger partial charge < -0.3 is 11.1 Å². The molecule has 0 amide bonds. The second-order valence-corrected chi connectivity index (χ2v) is 7.08. The molecule has 3 N–H and O–H groups in total. The minimum Gasteiger partial charge on any atom is -0.370 e. The zero-order chi connectivity index (χ0) is 16.5. The summed E-state index contributed by atoms with van der Waals surface area (Å²) in [5.74, 6) is 3.04. The number of benzene rings is 1. The Morgan fingerprint density at radius 1 is 1.12 bits per heavy atom. The zero-order valence-corrected chi connectivity index (χ0v) is 13.6. The normalized spacial score (nSPS) is 33.3. The van der Waals surface area contributed by atoms with Crippen molar-refractivity contribution >= 4 is 12.2 Å². The molecule has 124 valence electrons. The van der Waals surface area contributed by atoms with Crippen molar-refractivity contribution in [1.29, 1.82) is 0 Å². The van der Waals surface area contributed by atoms with Crippen LogP contribution in [0.1, 0.15) is 41.1 Å². The molecule has 1 heterocycles. The molecule has 4 heteroatoms. The Labute approximate surface area is 142 Å². The van der Waals surface area contributed by atoms with Crippen LogP contribution in [0.2, 0.25) is 0 Å². The van der Waals surface area contributed by atoms with Gasteiger partial charge >= 0.3 is 0 Å². The molecule has 1 aromatic carbocycles. The number of aliphatic imine (C=N–C) groups is 1. The van der Waals surface area contributed by atoms with Gasteiger partial charge in [0.15, 0.2) is 5.96 Å². The van der Waals surface area contributed by atoms with Gasteiger partial charge in [0.25, 0.3) is 0 Å². The highest BCUT2D eigenvalue weighted by Crippen LogP contribution is 2.54. The van der Waals surface area contributed by atoms with E-state index in [9.17, 15) is 4.79 Å². The largest absolute Gasteiger partial charge is 0.370 e. The number of carbonyl (C=O) groups excluding carboxylic acids is 1. The van der Waals surface area contributed by atoms with Gasteiger partial charge in [-0.3, -0.25) is 4.79 Å². The molecule has 2 aliphatic carbocycles. The van der Waals surface area contributed by atoms with Crippen molar-refractivity contribution < 1.29 is 4.79 Å². The smallest absolute Gasteiger partial charge is 0.193 e. The number of aldehydes is 1. The third-order valence-electron chi connectivity index (χ3n) is 5.73. The summed E-state index contributed by atoms with van der Waals surface area (Å²) in [6.07, 6.45) is 13.1. The summed E-state index contributed by atoms with van der Waals surface area (Å²) in [6.45, 7) is 0. The van der Waals surface area contributed by atoms with Gasteiger partial charge in [0.2, 0.25) is 0 Å². The fourth-order valence-corrected chi connectivity index (χ4v) is 4.64. The molecule has 24 heavy (non-hydrogen) atoms. The number of nitrogens with two attached hydrogens (primary N) is 1. The summed E-state index contributed by atoms with van der Waals surface area (Å²) < 4.78 is 0. The molecule has 2 bridgehead atoms. The Balaban J connectivity index is 1.50. The maximum atomic E-state index is 10.9. The Bertz CT molecular complexity index is 704. The lowest BCUT2D eigenvalue weighted by atomic mass is 9.76. The molecule has 1 saturated carbocycles. The first-order valence-electron chi connectivity index (χ1n) is 8.74. The number of allylic oxidation sites excluding steroid dienone is 2. The Morgan fingerprint density at radius 2 is 1.92 bits per heavy atom. The van der Waals surface area contributed by atoms with Crippen LogP contribution < -0.4 is 11.1 Å². The van der Waals surface area contributed by atoms with Crippen LogP contribution in [0.25, 0.3) is 0 Å². The number of nitrogens with zero attached hydrogens (tertiary/aromatic N) is 1. The van der Waals surface area contributed by atoms with Crippen LogP contribution in [0, 0.1) is 17.8 Å². The monoisotopic (exact) mass is 321 g/mol. The number of hydrogen-bond acceptors (Lipinski definition) is 4. The van der Waals surface area contributed by atoms with Crippen LogP contribution in [0.3, 0.4) is 0 Å². The topological polar surface area (TPSA) is 67.5 Å². The summed E-state index contributed by atoms with van der Waals surface area (Å²) >= 11 is 0. The predicted molar refractivity (Wildman–Crippen MR) is 95.7 cm³/mol. The van der Waals surface area contributed by atoms with E-state index in [0.717, 1.165) is 24.7 Å². The third-order valence-corrected chi connectivity index (χ3v) is 5.73. The molecular formula is C20H23N3O. The molecule has 1 fully saturated rings. The van der Waals surface area contributed by atoms with Crippen molar-refractivity contribution in [2.24, 2.45) is 28.5 Å². The third kappa shape index (κ3) is 2.77. The summed E-state index contributed by atoms with van der Waals surface area (Å²) in [4.78, 5) is 15.4. The molecule has 0 radical (unpaired) electrons. The average Bonchev–Trinajstić information content (AvgIpc) is 3.21. The Hall–Kier alpha value is -2.36. The number of hydrogen-bond donors (Lipinski definition) is 2. The van der Waals surface area contributed by atoms with Gasteiger partial charge in [-0.1, -0.05) is 36.4 Å². The van der Waals surface area contributed by atoms with Crippen molar-refractivity contribution in [2.75, 3.05) is 0 Å². The SMILES string of the molecule is NC1=NC(CCC2C3C=CC(C3)C2c2ccc(C=O)cc2)C=CN1. The molecule has 1 aromatic rings. The van der Waals surface area contributed by atoms with E-state index in [-0.39, 0.29) is 6.04 Å². The van der Waals surface area contributed by atoms with Crippen LogP contribution in [-0.2, 0) is 0 Å². The van der Waals surface area contributed by atoms with Gasteiger partial charge in [0.1, 0.15) is 6.29 Å². The second-order valence-electron chi connectivity index (χ2n) is 7.08. The van der Waals surface area contributed by atoms with Gasteiger partial charge in [-0.2, -0.15) is 0 Å². The molecule has 0 saturated heterocycles. The van der Waals surface area contributed by atoms with E-state index < -0.39 is 0 Å². The van der Waals surface area contributed by atoms with Gasteiger partial charge in [-0.25, -0.2) is 4.99 Å². The van der Waals surface area contributed by atoms with Crippen molar-refractivity contribution in [3.05, 3.63) is 59.8 Å². The summed E-state index contributed by atoms with van der Waals surface area (Å²) in [6, 6.07) is 8.34. The zero-order valence-electron chi connectivity index (χ0n) is 13.6. The fourth-order valence-electron chi connectivity index (χ4n) is 4.64. The molecule has 5 unspecified atom stereocenters. The Morgan fingerprint density at radius 3 is 2.67 bits per heavy atom. The van der Waals surface area contributed by atoms with Crippen molar-refractivity contribution in [1.82, 2.24) is 5.32 Å². The van der Waals surface area contributed by atoms with E-state index >= 15 is 0 Å². The first kappa shape index (κ1) is 15.2. The lowest BCUT2D eigenvalue weighted by Gasteiger charge is -2.29. The van der Waals surface area contributed by atoms with E-state index in [0.29, 0.717) is 29.6 Å². The van der Waals surface area contributed by atoms with Gasteiger partial charge in [-0.05, 0) is 54.6 Å². The van der Waals surface area contributed by atoms with Crippen LogP contribution in [-0.4, -0.2) is 18.3 Å². The number of guanidine groups is 1. The first-order valence-corrected chi connectivity index (χ1v) is 8.74. The lowest BCUT2D eigenvalue weighted by molar-refractivity contribution is 0.112. The van der Waals surface area contributed by atoms with E-state index in [1.54, 1.807) is 0 Å². The maximum absolute atomic E-state index is 10.9. The van der Waals surface area contributed by atoms with Crippen LogP contribution in [0.4, 0.5) is 0 Å². The summed E-state index contributed by atoms with van der Waals surface area (Å²) in [7, 11) is 0. The molecule has 4 rings (SSSR count). The summed E-state index contributed by atoms with van der Waals surface area (Å²) in [5, 5.41) is 2.92. The molecule has 1 aliphatic heterocycles. The first-order chi connectivity index (χ1) is 11.7. The van der Waals surface area contributed by atoms with Gasteiger partial charge in [0.05, 0.1) is 6.04 Å².